The van der Waals surface area contributed by atoms with Crippen molar-refractivity contribution in [3.8, 4) is 0 Å². The normalized spacial score (nSPS) is 15.7. The molecule has 1 N–H and O–H groups in total. The predicted molar refractivity (Wildman–Crippen MR) is 130 cm³/mol. The van der Waals surface area contributed by atoms with E-state index >= 15 is 0 Å². The number of piperazine rings is 1. The molecule has 0 amide bonds. The second-order valence-corrected chi connectivity index (χ2v) is 8.96. The van der Waals surface area contributed by atoms with Crippen LogP contribution in [0, 0.1) is 20.8 Å². The molecule has 5 nitrogen and oxygen atoms in total. The zero-order valence-electron chi connectivity index (χ0n) is 19.5. The molecule has 1 aliphatic heterocycles. The predicted octanol–water partition coefficient (Wildman–Crippen LogP) is 3.72. The molecule has 168 valence electrons. The molecule has 2 heterocycles. The fourth-order valence-corrected chi connectivity index (χ4v) is 4.60. The molecule has 0 bridgehead atoms. The van der Waals surface area contributed by atoms with Gasteiger partial charge in [-0.2, -0.15) is 0 Å². The van der Waals surface area contributed by atoms with E-state index in [1.54, 1.807) is 0 Å². The van der Waals surface area contributed by atoms with Crippen molar-refractivity contribution in [1.82, 2.24) is 14.9 Å². The third-order valence-electron chi connectivity index (χ3n) is 6.22. The molecule has 1 unspecified atom stereocenters. The molecule has 1 fully saturated rings. The third-order valence-corrected chi connectivity index (χ3v) is 6.22. The summed E-state index contributed by atoms with van der Waals surface area (Å²) in [5.41, 5.74) is 6.04. The van der Waals surface area contributed by atoms with E-state index in [1.165, 1.54) is 22.3 Å². The number of hydrogen-bond donors (Lipinski definition) is 1. The second kappa shape index (κ2) is 10.2. The fraction of sp³-hybridized carbons (Fsp3) is 0.407. The van der Waals surface area contributed by atoms with E-state index in [9.17, 15) is 5.11 Å². The van der Waals surface area contributed by atoms with Crippen molar-refractivity contribution in [3.63, 3.8) is 0 Å². The average molecular weight is 431 g/mol. The SMILES string of the molecule is Cc1cccc(Cc2c(C)nc(C)nc2N2CCN(CC(O)Cc3ccccc3)CC2)c1. The molecule has 0 saturated carbocycles. The monoisotopic (exact) mass is 430 g/mol. The highest BCUT2D eigenvalue weighted by molar-refractivity contribution is 5.52. The maximum Gasteiger partial charge on any atom is 0.136 e. The Morgan fingerprint density at radius 3 is 2.31 bits per heavy atom. The summed E-state index contributed by atoms with van der Waals surface area (Å²) in [6.07, 6.45) is 1.20. The quantitative estimate of drug-likeness (QED) is 0.619. The highest BCUT2D eigenvalue weighted by atomic mass is 16.3. The number of hydrogen-bond acceptors (Lipinski definition) is 5. The van der Waals surface area contributed by atoms with Gasteiger partial charge in [-0.1, -0.05) is 60.2 Å². The van der Waals surface area contributed by atoms with E-state index in [1.807, 2.05) is 25.1 Å². The van der Waals surface area contributed by atoms with Crippen LogP contribution in [0.1, 0.15) is 33.8 Å². The first kappa shape index (κ1) is 22.4. The molecule has 32 heavy (non-hydrogen) atoms. The van der Waals surface area contributed by atoms with Gasteiger partial charge in [0.25, 0.3) is 0 Å². The van der Waals surface area contributed by atoms with Crippen molar-refractivity contribution < 1.29 is 5.11 Å². The maximum absolute atomic E-state index is 10.6. The zero-order valence-corrected chi connectivity index (χ0v) is 19.5. The van der Waals surface area contributed by atoms with Crippen LogP contribution in [-0.2, 0) is 12.8 Å². The zero-order chi connectivity index (χ0) is 22.5. The Hall–Kier alpha value is -2.76. The summed E-state index contributed by atoms with van der Waals surface area (Å²) in [7, 11) is 0. The van der Waals surface area contributed by atoms with Gasteiger partial charge in [0.2, 0.25) is 0 Å². The number of anilines is 1. The van der Waals surface area contributed by atoms with Gasteiger partial charge in [-0.25, -0.2) is 9.97 Å². The summed E-state index contributed by atoms with van der Waals surface area (Å²) >= 11 is 0. The fourth-order valence-electron chi connectivity index (χ4n) is 4.60. The average Bonchev–Trinajstić information content (AvgIpc) is 2.77. The molecule has 2 aromatic carbocycles. The molecule has 1 atom stereocenters. The van der Waals surface area contributed by atoms with Crippen LogP contribution >= 0.6 is 0 Å². The van der Waals surface area contributed by atoms with Gasteiger partial charge in [-0.05, 0) is 38.3 Å². The van der Waals surface area contributed by atoms with Crippen LogP contribution in [0.15, 0.2) is 54.6 Å². The maximum atomic E-state index is 10.6. The van der Waals surface area contributed by atoms with Crippen LogP contribution in [0.2, 0.25) is 0 Å². The molecule has 0 spiro atoms. The Bertz CT molecular complexity index is 1030. The standard InChI is InChI=1S/C27H34N4O/c1-20-8-7-11-24(16-20)18-26-21(2)28-22(3)29-27(26)31-14-12-30(13-15-31)19-25(32)17-23-9-5-4-6-10-23/h4-11,16,25,32H,12-15,17-19H2,1-3H3. The van der Waals surface area contributed by atoms with Crippen molar-refractivity contribution in [2.75, 3.05) is 37.6 Å². The lowest BCUT2D eigenvalue weighted by molar-refractivity contribution is 0.109. The highest BCUT2D eigenvalue weighted by Crippen LogP contribution is 2.25. The van der Waals surface area contributed by atoms with E-state index in [2.05, 4.69) is 65.0 Å². The van der Waals surface area contributed by atoms with Crippen molar-refractivity contribution in [2.24, 2.45) is 0 Å². The Morgan fingerprint density at radius 2 is 1.59 bits per heavy atom. The van der Waals surface area contributed by atoms with Crippen molar-refractivity contribution in [1.29, 1.82) is 0 Å². The van der Waals surface area contributed by atoms with E-state index in [4.69, 9.17) is 4.98 Å². The van der Waals surface area contributed by atoms with Gasteiger partial charge < -0.3 is 10.0 Å². The molecule has 3 aromatic rings. The molecule has 0 aliphatic carbocycles. The van der Waals surface area contributed by atoms with Gasteiger partial charge in [-0.3, -0.25) is 4.90 Å². The molecule has 5 heteroatoms. The third kappa shape index (κ3) is 5.72. The number of aliphatic hydroxyl groups is 1. The number of β-amino-alcohol motifs (C(OH)–C–C–N with tert-alkyl or cyclic N) is 1. The molecule has 1 saturated heterocycles. The first-order chi connectivity index (χ1) is 15.5. The van der Waals surface area contributed by atoms with E-state index in [0.717, 1.165) is 49.9 Å². The topological polar surface area (TPSA) is 52.5 Å². The van der Waals surface area contributed by atoms with Crippen LogP contribution in [0.3, 0.4) is 0 Å². The number of aliphatic hydroxyl groups excluding tert-OH is 1. The summed E-state index contributed by atoms with van der Waals surface area (Å²) < 4.78 is 0. The van der Waals surface area contributed by atoms with Crippen molar-refractivity contribution in [3.05, 3.63) is 88.4 Å². The Balaban J connectivity index is 1.41. The Kier molecular flexibility index (Phi) is 7.18. The van der Waals surface area contributed by atoms with Gasteiger partial charge >= 0.3 is 0 Å². The van der Waals surface area contributed by atoms with Crippen molar-refractivity contribution in [2.45, 2.75) is 39.7 Å². The van der Waals surface area contributed by atoms with Gasteiger partial charge in [0.15, 0.2) is 0 Å². The van der Waals surface area contributed by atoms with Crippen LogP contribution in [0.25, 0.3) is 0 Å². The van der Waals surface area contributed by atoms with Gasteiger partial charge in [-0.15, -0.1) is 0 Å². The smallest absolute Gasteiger partial charge is 0.136 e. The first-order valence-corrected chi connectivity index (χ1v) is 11.6. The number of nitrogens with zero attached hydrogens (tertiary/aromatic N) is 4. The summed E-state index contributed by atoms with van der Waals surface area (Å²) in [4.78, 5) is 14.3. The minimum Gasteiger partial charge on any atom is -0.391 e. The van der Waals surface area contributed by atoms with Crippen LogP contribution in [-0.4, -0.2) is 58.8 Å². The molecule has 1 aromatic heterocycles. The summed E-state index contributed by atoms with van der Waals surface area (Å²) in [6, 6.07) is 18.9. The van der Waals surface area contributed by atoms with Gasteiger partial charge in [0, 0.05) is 50.4 Å². The molecular formula is C27H34N4O. The lowest BCUT2D eigenvalue weighted by atomic mass is 10.0. The molecular weight excluding hydrogens is 396 g/mol. The Labute approximate surface area is 191 Å². The number of rotatable bonds is 7. The van der Waals surface area contributed by atoms with Crippen LogP contribution in [0.5, 0.6) is 0 Å². The molecule has 1 aliphatic rings. The number of benzene rings is 2. The summed E-state index contributed by atoms with van der Waals surface area (Å²) in [6.45, 7) is 10.6. The highest BCUT2D eigenvalue weighted by Gasteiger charge is 2.23. The van der Waals surface area contributed by atoms with E-state index in [-0.39, 0.29) is 6.10 Å². The van der Waals surface area contributed by atoms with Crippen LogP contribution < -0.4 is 4.90 Å². The lowest BCUT2D eigenvalue weighted by Crippen LogP contribution is -2.49. The van der Waals surface area contributed by atoms with E-state index in [0.29, 0.717) is 13.0 Å². The number of aromatic nitrogens is 2. The largest absolute Gasteiger partial charge is 0.391 e. The first-order valence-electron chi connectivity index (χ1n) is 11.6. The summed E-state index contributed by atoms with van der Waals surface area (Å²) in [5.74, 6) is 1.90. The summed E-state index contributed by atoms with van der Waals surface area (Å²) in [5, 5.41) is 10.6. The van der Waals surface area contributed by atoms with E-state index < -0.39 is 0 Å². The van der Waals surface area contributed by atoms with Gasteiger partial charge in [0.1, 0.15) is 11.6 Å². The van der Waals surface area contributed by atoms with Crippen molar-refractivity contribution >= 4 is 5.82 Å². The minimum atomic E-state index is -0.343. The molecule has 0 radical (unpaired) electrons. The Morgan fingerprint density at radius 1 is 0.875 bits per heavy atom. The minimum absolute atomic E-state index is 0.343. The van der Waals surface area contributed by atoms with Crippen LogP contribution in [0.4, 0.5) is 5.82 Å². The number of aryl methyl sites for hydroxylation is 3. The lowest BCUT2D eigenvalue weighted by Gasteiger charge is -2.37. The van der Waals surface area contributed by atoms with Gasteiger partial charge in [0.05, 0.1) is 6.10 Å². The molecule has 4 rings (SSSR count). The second-order valence-electron chi connectivity index (χ2n) is 8.96.